The Hall–Kier alpha value is -4.56. The van der Waals surface area contributed by atoms with E-state index in [0.717, 1.165) is 16.5 Å². The van der Waals surface area contributed by atoms with E-state index in [0.29, 0.717) is 5.56 Å². The predicted molar refractivity (Wildman–Crippen MR) is 151 cm³/mol. The van der Waals surface area contributed by atoms with Crippen molar-refractivity contribution in [2.75, 3.05) is 5.75 Å². The van der Waals surface area contributed by atoms with Crippen molar-refractivity contribution in [2.24, 2.45) is 5.73 Å². The van der Waals surface area contributed by atoms with Gasteiger partial charge in [-0.2, -0.15) is 12.6 Å². The molecule has 0 aliphatic rings. The average Bonchev–Trinajstić information content (AvgIpc) is 3.34. The van der Waals surface area contributed by atoms with Crippen LogP contribution in [0.2, 0.25) is 0 Å². The van der Waals surface area contributed by atoms with E-state index in [-0.39, 0.29) is 24.3 Å². The van der Waals surface area contributed by atoms with Gasteiger partial charge in [-0.3, -0.25) is 19.2 Å². The van der Waals surface area contributed by atoms with Crippen molar-refractivity contribution in [3.8, 4) is 5.75 Å². The van der Waals surface area contributed by atoms with Crippen LogP contribution >= 0.6 is 12.6 Å². The normalized spacial score (nSPS) is 13.9. The van der Waals surface area contributed by atoms with Crippen LogP contribution in [0.3, 0.4) is 0 Å². The maximum Gasteiger partial charge on any atom is 0.327 e. The molecule has 0 fully saturated rings. The number of carbonyl (C=O) groups is 5. The summed E-state index contributed by atoms with van der Waals surface area (Å²) in [6.07, 6.45) is 0.945. The first-order valence-corrected chi connectivity index (χ1v) is 13.2. The summed E-state index contributed by atoms with van der Waals surface area (Å²) in [6, 6.07) is 7.86. The average molecular weight is 586 g/mol. The summed E-state index contributed by atoms with van der Waals surface area (Å²) in [5.74, 6) is -5.73. The summed E-state index contributed by atoms with van der Waals surface area (Å²) in [7, 11) is 0. The second-order valence-electron chi connectivity index (χ2n) is 9.34. The van der Waals surface area contributed by atoms with Crippen molar-refractivity contribution in [3.63, 3.8) is 0 Å². The number of carboxylic acids is 2. The molecule has 14 heteroatoms. The quantitative estimate of drug-likeness (QED) is 0.115. The van der Waals surface area contributed by atoms with Crippen molar-refractivity contribution in [1.82, 2.24) is 20.9 Å². The lowest BCUT2D eigenvalue weighted by Gasteiger charge is -2.24. The fourth-order valence-corrected chi connectivity index (χ4v) is 4.35. The van der Waals surface area contributed by atoms with Crippen LogP contribution < -0.4 is 21.7 Å². The van der Waals surface area contributed by atoms with E-state index in [4.69, 9.17) is 5.73 Å². The Morgan fingerprint density at radius 1 is 0.829 bits per heavy atom. The summed E-state index contributed by atoms with van der Waals surface area (Å²) in [5, 5.41) is 36.0. The Bertz CT molecular complexity index is 1410. The summed E-state index contributed by atoms with van der Waals surface area (Å²) >= 11 is 3.86. The van der Waals surface area contributed by atoms with Crippen LogP contribution in [0.5, 0.6) is 5.75 Å². The van der Waals surface area contributed by atoms with Crippen molar-refractivity contribution < 1.29 is 39.3 Å². The molecule has 4 unspecified atom stereocenters. The number of phenols is 1. The van der Waals surface area contributed by atoms with Gasteiger partial charge in [0, 0.05) is 29.3 Å². The second kappa shape index (κ2) is 14.2. The highest BCUT2D eigenvalue weighted by Gasteiger charge is 2.31. The third kappa shape index (κ3) is 8.71. The fourth-order valence-electron chi connectivity index (χ4n) is 4.10. The second-order valence-corrected chi connectivity index (χ2v) is 9.71. The fraction of sp³-hybridized carbons (Fsp3) is 0.296. The molecular formula is C27H31N5O8S. The first-order chi connectivity index (χ1) is 19.5. The van der Waals surface area contributed by atoms with Gasteiger partial charge in [0.15, 0.2) is 0 Å². The van der Waals surface area contributed by atoms with E-state index in [1.54, 1.807) is 6.20 Å². The van der Waals surface area contributed by atoms with E-state index in [1.165, 1.54) is 24.3 Å². The molecule has 3 rings (SSSR count). The highest BCUT2D eigenvalue weighted by atomic mass is 32.1. The minimum atomic E-state index is -1.65. The minimum absolute atomic E-state index is 0.0186. The first kappa shape index (κ1) is 31.0. The molecule has 0 saturated carbocycles. The molecule has 0 saturated heterocycles. The van der Waals surface area contributed by atoms with Gasteiger partial charge in [-0.25, -0.2) is 4.79 Å². The van der Waals surface area contributed by atoms with E-state index in [1.807, 2.05) is 24.3 Å². The van der Waals surface area contributed by atoms with Crippen LogP contribution in [0.1, 0.15) is 17.5 Å². The number of nitrogens with one attached hydrogen (secondary N) is 4. The number of H-pyrrole nitrogens is 1. The van der Waals surface area contributed by atoms with Gasteiger partial charge in [0.1, 0.15) is 23.9 Å². The number of hydrogen-bond donors (Lipinski definition) is 9. The monoisotopic (exact) mass is 585 g/mol. The number of para-hydroxylation sites is 1. The molecule has 4 atom stereocenters. The lowest BCUT2D eigenvalue weighted by Crippen LogP contribution is -2.58. The zero-order chi connectivity index (χ0) is 30.1. The van der Waals surface area contributed by atoms with E-state index in [9.17, 15) is 39.3 Å². The number of rotatable bonds is 14. The zero-order valence-electron chi connectivity index (χ0n) is 21.7. The topological polar surface area (TPSA) is 224 Å². The van der Waals surface area contributed by atoms with Crippen LogP contribution in [0.25, 0.3) is 10.9 Å². The standard InChI is InChI=1S/C27H31N5O8S/c28-18(10-15-12-29-19-4-2-1-3-17(15)19)24(36)30-20(9-14-5-7-16(33)8-6-14)25(37)31-21(11-23(34)35)26(38)32-22(13-41)27(39)40/h1-8,12,18,20-22,29,33,41H,9-11,13,28H2,(H,30,36)(H,31,37)(H,32,38)(H,34,35)(H,39,40). The predicted octanol–water partition coefficient (Wildman–Crippen LogP) is -0.0705. The van der Waals surface area contributed by atoms with Crippen molar-refractivity contribution >= 4 is 53.2 Å². The summed E-state index contributed by atoms with van der Waals surface area (Å²) in [4.78, 5) is 64.9. The third-order valence-electron chi connectivity index (χ3n) is 6.27. The van der Waals surface area contributed by atoms with Gasteiger partial charge in [0.05, 0.1) is 12.5 Å². The van der Waals surface area contributed by atoms with E-state index >= 15 is 0 Å². The first-order valence-electron chi connectivity index (χ1n) is 12.5. The van der Waals surface area contributed by atoms with Gasteiger partial charge in [-0.1, -0.05) is 30.3 Å². The molecule has 13 nitrogen and oxygen atoms in total. The third-order valence-corrected chi connectivity index (χ3v) is 6.63. The molecule has 218 valence electrons. The van der Waals surface area contributed by atoms with E-state index in [2.05, 4.69) is 33.6 Å². The smallest absolute Gasteiger partial charge is 0.327 e. The Kier molecular flexibility index (Phi) is 10.7. The Balaban J connectivity index is 1.79. The molecule has 2 aromatic carbocycles. The summed E-state index contributed by atoms with van der Waals surface area (Å²) < 4.78 is 0. The maximum atomic E-state index is 13.3. The number of nitrogens with two attached hydrogens (primary N) is 1. The minimum Gasteiger partial charge on any atom is -0.508 e. The number of fused-ring (bicyclic) bond motifs is 1. The Morgan fingerprint density at radius 3 is 2.07 bits per heavy atom. The number of hydrogen-bond acceptors (Lipinski definition) is 8. The maximum absolute atomic E-state index is 13.3. The molecule has 0 radical (unpaired) electrons. The Labute approximate surface area is 239 Å². The van der Waals surface area contributed by atoms with Gasteiger partial charge in [-0.05, 0) is 35.7 Å². The van der Waals surface area contributed by atoms with Crippen LogP contribution in [0.4, 0.5) is 0 Å². The molecule has 0 aliphatic heterocycles. The largest absolute Gasteiger partial charge is 0.508 e. The zero-order valence-corrected chi connectivity index (χ0v) is 22.6. The highest BCUT2D eigenvalue weighted by molar-refractivity contribution is 7.80. The number of benzene rings is 2. The van der Waals surface area contributed by atoms with Crippen LogP contribution in [0, 0.1) is 0 Å². The molecular weight excluding hydrogens is 554 g/mol. The molecule has 0 spiro atoms. The number of amides is 3. The highest BCUT2D eigenvalue weighted by Crippen LogP contribution is 2.19. The van der Waals surface area contributed by atoms with Crippen molar-refractivity contribution in [2.45, 2.75) is 43.4 Å². The van der Waals surface area contributed by atoms with Crippen LogP contribution in [0.15, 0.2) is 54.7 Å². The number of aromatic nitrogens is 1. The molecule has 1 heterocycles. The number of phenolic OH excluding ortho intramolecular Hbond substituents is 1. The SMILES string of the molecule is NC(Cc1c[nH]c2ccccc12)C(=O)NC(Cc1ccc(O)cc1)C(=O)NC(CC(=O)O)C(=O)NC(CS)C(=O)O. The van der Waals surface area contributed by atoms with Gasteiger partial charge < -0.3 is 42.0 Å². The van der Waals surface area contributed by atoms with Gasteiger partial charge in [0.25, 0.3) is 0 Å². The number of aromatic hydroxyl groups is 1. The van der Waals surface area contributed by atoms with Gasteiger partial charge in [0.2, 0.25) is 17.7 Å². The van der Waals surface area contributed by atoms with Crippen molar-refractivity contribution in [1.29, 1.82) is 0 Å². The number of carboxylic acid groups (broad SMARTS) is 2. The molecule has 0 aliphatic carbocycles. The molecule has 9 N–H and O–H groups in total. The molecule has 3 aromatic rings. The van der Waals surface area contributed by atoms with E-state index < -0.39 is 60.2 Å². The molecule has 41 heavy (non-hydrogen) atoms. The summed E-state index contributed by atoms with van der Waals surface area (Å²) in [6.45, 7) is 0. The lowest BCUT2D eigenvalue weighted by atomic mass is 10.0. The Morgan fingerprint density at radius 2 is 1.44 bits per heavy atom. The van der Waals surface area contributed by atoms with Gasteiger partial charge >= 0.3 is 11.9 Å². The van der Waals surface area contributed by atoms with Crippen molar-refractivity contribution in [3.05, 3.63) is 65.9 Å². The van der Waals surface area contributed by atoms with Crippen LogP contribution in [-0.4, -0.2) is 79.9 Å². The number of aliphatic carboxylic acids is 2. The summed E-state index contributed by atoms with van der Waals surface area (Å²) in [5.41, 5.74) is 8.37. The molecule has 0 bridgehead atoms. The number of aromatic amines is 1. The molecule has 3 amide bonds. The van der Waals surface area contributed by atoms with Gasteiger partial charge in [-0.15, -0.1) is 0 Å². The number of thiol groups is 1. The number of carbonyl (C=O) groups excluding carboxylic acids is 3. The molecule has 1 aromatic heterocycles. The lowest BCUT2D eigenvalue weighted by molar-refractivity contribution is -0.143. The van der Waals surface area contributed by atoms with Crippen LogP contribution in [-0.2, 0) is 36.8 Å².